The van der Waals surface area contributed by atoms with Crippen molar-refractivity contribution in [2.24, 2.45) is 0 Å². The van der Waals surface area contributed by atoms with E-state index in [1.165, 1.54) is 6.92 Å². The summed E-state index contributed by atoms with van der Waals surface area (Å²) in [6.45, 7) is 3.46. The highest BCUT2D eigenvalue weighted by Gasteiger charge is 2.11. The van der Waals surface area contributed by atoms with Gasteiger partial charge in [0, 0.05) is 22.7 Å². The highest BCUT2D eigenvalue weighted by Crippen LogP contribution is 2.33. The molecule has 8 heteroatoms. The van der Waals surface area contributed by atoms with E-state index in [4.69, 9.17) is 11.6 Å². The molecule has 0 bridgehead atoms. The number of aromatic hydroxyl groups is 1. The number of aromatic nitrogens is 4. The van der Waals surface area contributed by atoms with Crippen molar-refractivity contribution in [1.29, 1.82) is 0 Å². The molecule has 2 aromatic heterocycles. The summed E-state index contributed by atoms with van der Waals surface area (Å²) in [5.74, 6) is 0.542. The molecule has 0 saturated heterocycles. The van der Waals surface area contributed by atoms with E-state index in [0.717, 1.165) is 11.1 Å². The van der Waals surface area contributed by atoms with Crippen molar-refractivity contribution in [3.63, 3.8) is 0 Å². The number of hydrogen-bond acceptors (Lipinski definition) is 7. The maximum atomic E-state index is 11.2. The topological polar surface area (TPSA) is 101 Å². The zero-order valence-electron chi connectivity index (χ0n) is 16.3. The van der Waals surface area contributed by atoms with E-state index in [1.807, 2.05) is 25.1 Å². The first kappa shape index (κ1) is 19.7. The number of phenolic OH excluding ortho intramolecular Hbond substituents is 1. The molecule has 0 amide bonds. The number of nitrogens with one attached hydrogen (secondary N) is 1. The summed E-state index contributed by atoms with van der Waals surface area (Å²) >= 11 is 6.29. The van der Waals surface area contributed by atoms with Gasteiger partial charge in [-0.05, 0) is 67.4 Å². The second-order valence-corrected chi connectivity index (χ2v) is 7.41. The van der Waals surface area contributed by atoms with Gasteiger partial charge in [0.1, 0.15) is 17.0 Å². The van der Waals surface area contributed by atoms with Gasteiger partial charge in [0.15, 0.2) is 0 Å². The Bertz CT molecular complexity index is 1260. The van der Waals surface area contributed by atoms with Crippen LogP contribution in [-0.4, -0.2) is 31.1 Å². The summed E-state index contributed by atoms with van der Waals surface area (Å²) in [6.07, 6.45) is 1.94. The molecule has 2 N–H and O–H groups in total. The first-order valence-corrected chi connectivity index (χ1v) is 9.62. The number of aryl methyl sites for hydroxylation is 1. The van der Waals surface area contributed by atoms with Crippen molar-refractivity contribution >= 4 is 40.1 Å². The second-order valence-electron chi connectivity index (χ2n) is 7.00. The smallest absolute Gasteiger partial charge is 0.247 e. The van der Waals surface area contributed by atoms with E-state index in [2.05, 4.69) is 25.5 Å². The first-order valence-electron chi connectivity index (χ1n) is 9.24. The molecule has 0 aliphatic rings. The van der Waals surface area contributed by atoms with Gasteiger partial charge in [-0.15, -0.1) is 10.2 Å². The summed E-state index contributed by atoms with van der Waals surface area (Å²) in [4.78, 5) is 20.0. The van der Waals surface area contributed by atoms with Crippen LogP contribution in [-0.2, 0) is 11.2 Å². The Hall–Kier alpha value is -3.58. The number of phenols is 1. The average molecular weight is 420 g/mol. The van der Waals surface area contributed by atoms with Crippen LogP contribution in [0.5, 0.6) is 5.75 Å². The van der Waals surface area contributed by atoms with Crippen molar-refractivity contribution in [2.45, 2.75) is 20.3 Å². The molecule has 4 rings (SSSR count). The first-order chi connectivity index (χ1) is 14.4. The third-order valence-electron chi connectivity index (χ3n) is 4.52. The number of ketones is 1. The highest BCUT2D eigenvalue weighted by molar-refractivity contribution is 6.33. The normalized spacial score (nSPS) is 10.9. The lowest BCUT2D eigenvalue weighted by Crippen LogP contribution is -2.03. The van der Waals surface area contributed by atoms with Crippen molar-refractivity contribution in [2.75, 3.05) is 5.32 Å². The van der Waals surface area contributed by atoms with Crippen LogP contribution in [0.1, 0.15) is 18.2 Å². The maximum absolute atomic E-state index is 11.2. The van der Waals surface area contributed by atoms with Crippen LogP contribution in [0.25, 0.3) is 22.2 Å². The van der Waals surface area contributed by atoms with Gasteiger partial charge in [-0.2, -0.15) is 0 Å². The predicted molar refractivity (Wildman–Crippen MR) is 116 cm³/mol. The molecular formula is C22H18ClN5O2. The molecule has 0 aliphatic heterocycles. The molecule has 4 aromatic rings. The van der Waals surface area contributed by atoms with Crippen LogP contribution in [0.2, 0.25) is 5.02 Å². The molecule has 0 radical (unpaired) electrons. The van der Waals surface area contributed by atoms with Gasteiger partial charge in [-0.3, -0.25) is 9.78 Å². The number of hydrogen-bond donors (Lipinski definition) is 2. The summed E-state index contributed by atoms with van der Waals surface area (Å²) in [7, 11) is 0. The number of halogens is 1. The number of carbonyl (C=O) groups excluding carboxylic acids is 1. The minimum atomic E-state index is 0.0621. The molecule has 2 heterocycles. The minimum absolute atomic E-state index is 0.0621. The fraction of sp³-hybridized carbons (Fsp3) is 0.136. The van der Waals surface area contributed by atoms with Gasteiger partial charge in [-0.1, -0.05) is 11.6 Å². The van der Waals surface area contributed by atoms with Crippen LogP contribution < -0.4 is 5.32 Å². The van der Waals surface area contributed by atoms with Crippen LogP contribution in [0.15, 0.2) is 48.7 Å². The number of carbonyl (C=O) groups is 1. The largest absolute Gasteiger partial charge is 0.508 e. The molecule has 0 fully saturated rings. The molecular weight excluding hydrogens is 402 g/mol. The Labute approximate surface area is 177 Å². The fourth-order valence-electron chi connectivity index (χ4n) is 3.14. The summed E-state index contributed by atoms with van der Waals surface area (Å²) in [5.41, 5.74) is 5.16. The van der Waals surface area contributed by atoms with Gasteiger partial charge < -0.3 is 10.4 Å². The van der Waals surface area contributed by atoms with Gasteiger partial charge in [-0.25, -0.2) is 4.98 Å². The lowest BCUT2D eigenvalue weighted by molar-refractivity contribution is -0.116. The summed E-state index contributed by atoms with van der Waals surface area (Å²) in [6, 6.07) is 12.2. The van der Waals surface area contributed by atoms with Gasteiger partial charge >= 0.3 is 0 Å². The molecule has 0 spiro atoms. The SMILES string of the molecule is CC(=O)Cc1ccc(Nc2nnc3cc(-c4cc(O)ccc4Cl)cc(C)c3n2)cn1. The number of nitrogens with zero attached hydrogens (tertiary/aromatic N) is 4. The Morgan fingerprint density at radius 1 is 1.13 bits per heavy atom. The molecule has 30 heavy (non-hydrogen) atoms. The molecule has 150 valence electrons. The van der Waals surface area contributed by atoms with E-state index in [1.54, 1.807) is 30.5 Å². The second kappa shape index (κ2) is 8.04. The summed E-state index contributed by atoms with van der Waals surface area (Å²) in [5, 5.41) is 21.8. The third-order valence-corrected chi connectivity index (χ3v) is 4.85. The molecule has 0 unspecified atom stereocenters. The molecule has 0 aliphatic carbocycles. The fourth-order valence-corrected chi connectivity index (χ4v) is 3.37. The Morgan fingerprint density at radius 2 is 1.97 bits per heavy atom. The van der Waals surface area contributed by atoms with Crippen LogP contribution in [0.3, 0.4) is 0 Å². The number of benzene rings is 2. The van der Waals surface area contributed by atoms with E-state index < -0.39 is 0 Å². The number of anilines is 2. The number of Topliss-reactive ketones (excluding diaryl/α,β-unsaturated/α-hetero) is 1. The van der Waals surface area contributed by atoms with Crippen molar-refractivity contribution in [1.82, 2.24) is 20.2 Å². The zero-order valence-corrected chi connectivity index (χ0v) is 17.1. The van der Waals surface area contributed by atoms with E-state index in [0.29, 0.717) is 45.4 Å². The standard InChI is InChI=1S/C22H18ClN5O2/c1-12-7-14(18-10-17(30)5-6-19(18)23)9-20-21(12)26-22(28-27-20)25-16-4-3-15(24-11-16)8-13(2)29/h3-7,9-11,30H,8H2,1-2H3,(H,25,26,28). The average Bonchev–Trinajstić information content (AvgIpc) is 2.71. The van der Waals surface area contributed by atoms with Gasteiger partial charge in [0.05, 0.1) is 17.4 Å². The molecule has 0 atom stereocenters. The lowest BCUT2D eigenvalue weighted by Gasteiger charge is -2.10. The van der Waals surface area contributed by atoms with Gasteiger partial charge in [0.2, 0.25) is 5.95 Å². The van der Waals surface area contributed by atoms with Crippen molar-refractivity contribution < 1.29 is 9.90 Å². The Kier molecular flexibility index (Phi) is 5.29. The molecule has 0 saturated carbocycles. The van der Waals surface area contributed by atoms with Gasteiger partial charge in [0.25, 0.3) is 0 Å². The zero-order chi connectivity index (χ0) is 21.3. The van der Waals surface area contributed by atoms with Crippen molar-refractivity contribution in [3.8, 4) is 16.9 Å². The number of rotatable bonds is 5. The van der Waals surface area contributed by atoms with E-state index in [9.17, 15) is 9.90 Å². The number of fused-ring (bicyclic) bond motifs is 1. The molecule has 7 nitrogen and oxygen atoms in total. The predicted octanol–water partition coefficient (Wildman–Crippen LogP) is 4.63. The van der Waals surface area contributed by atoms with Crippen molar-refractivity contribution in [3.05, 3.63) is 64.9 Å². The van der Waals surface area contributed by atoms with Crippen LogP contribution in [0, 0.1) is 6.92 Å². The monoisotopic (exact) mass is 419 g/mol. The minimum Gasteiger partial charge on any atom is -0.508 e. The highest BCUT2D eigenvalue weighted by atomic mass is 35.5. The Balaban J connectivity index is 1.64. The van der Waals surface area contributed by atoms with Crippen LogP contribution in [0.4, 0.5) is 11.6 Å². The number of pyridine rings is 1. The van der Waals surface area contributed by atoms with Crippen LogP contribution >= 0.6 is 11.6 Å². The molecule has 2 aromatic carbocycles. The van der Waals surface area contributed by atoms with E-state index >= 15 is 0 Å². The lowest BCUT2D eigenvalue weighted by atomic mass is 10.0. The quantitative estimate of drug-likeness (QED) is 0.486. The van der Waals surface area contributed by atoms with E-state index in [-0.39, 0.29) is 11.5 Å². The Morgan fingerprint density at radius 3 is 2.70 bits per heavy atom. The summed E-state index contributed by atoms with van der Waals surface area (Å²) < 4.78 is 0. The third kappa shape index (κ3) is 4.21. The maximum Gasteiger partial charge on any atom is 0.247 e.